The molecule has 4 nitrogen and oxygen atoms in total. The second-order valence-electron chi connectivity index (χ2n) is 7.05. The number of esters is 1. The number of nitrogens with zero attached hydrogens (tertiary/aromatic N) is 1. The molecule has 1 saturated heterocycles. The smallest absolute Gasteiger partial charge is 0.308 e. The molecule has 0 spiro atoms. The summed E-state index contributed by atoms with van der Waals surface area (Å²) in [5.41, 5.74) is 2.13. The Balaban J connectivity index is 1.58. The highest BCUT2D eigenvalue weighted by atomic mass is 16.5. The van der Waals surface area contributed by atoms with Crippen molar-refractivity contribution in [3.05, 3.63) is 35.4 Å². The summed E-state index contributed by atoms with van der Waals surface area (Å²) in [7, 11) is 1.42. The first-order chi connectivity index (χ1) is 11.7. The number of ether oxygens (including phenoxy) is 1. The Labute approximate surface area is 144 Å². The molecule has 2 fully saturated rings. The number of carbonyl (C=O) groups is 2. The van der Waals surface area contributed by atoms with Crippen LogP contribution in [0.3, 0.4) is 0 Å². The van der Waals surface area contributed by atoms with Crippen LogP contribution in [0.4, 0.5) is 0 Å². The molecule has 0 unspecified atom stereocenters. The van der Waals surface area contributed by atoms with Gasteiger partial charge < -0.3 is 9.64 Å². The summed E-state index contributed by atoms with van der Waals surface area (Å²) in [6, 6.07) is 8.20. The zero-order valence-corrected chi connectivity index (χ0v) is 14.5. The van der Waals surface area contributed by atoms with Gasteiger partial charge in [-0.15, -0.1) is 0 Å². The van der Waals surface area contributed by atoms with E-state index >= 15 is 0 Å². The van der Waals surface area contributed by atoms with Crippen LogP contribution in [0.15, 0.2) is 24.3 Å². The van der Waals surface area contributed by atoms with Crippen LogP contribution < -0.4 is 0 Å². The van der Waals surface area contributed by atoms with Gasteiger partial charge in [-0.25, -0.2) is 0 Å². The molecule has 2 aliphatic rings. The minimum Gasteiger partial charge on any atom is -0.469 e. The molecule has 1 amide bonds. The van der Waals surface area contributed by atoms with Gasteiger partial charge in [-0.05, 0) is 49.3 Å². The van der Waals surface area contributed by atoms with Gasteiger partial charge in [-0.3, -0.25) is 9.59 Å². The van der Waals surface area contributed by atoms with Crippen LogP contribution in [0.2, 0.25) is 0 Å². The number of piperidine rings is 1. The molecule has 24 heavy (non-hydrogen) atoms. The highest BCUT2D eigenvalue weighted by molar-refractivity contribution is 5.94. The predicted molar refractivity (Wildman–Crippen MR) is 92.9 cm³/mol. The zero-order valence-electron chi connectivity index (χ0n) is 14.5. The molecule has 1 saturated carbocycles. The van der Waals surface area contributed by atoms with Crippen molar-refractivity contribution in [1.82, 2.24) is 4.90 Å². The van der Waals surface area contributed by atoms with E-state index in [1.54, 1.807) is 0 Å². The average molecular weight is 329 g/mol. The number of benzene rings is 1. The van der Waals surface area contributed by atoms with Crippen LogP contribution in [0.5, 0.6) is 0 Å². The Hall–Kier alpha value is -1.84. The summed E-state index contributed by atoms with van der Waals surface area (Å²) < 4.78 is 4.80. The number of methoxy groups -OCH3 is 1. The van der Waals surface area contributed by atoms with Gasteiger partial charge in [-0.2, -0.15) is 0 Å². The standard InChI is InChI=1S/C20H27NO3/c1-24-20(23)18-11-13-21(14-12-18)19(22)17-9-7-16(8-10-17)15-5-3-2-4-6-15/h7-10,15,18H,2-6,11-14H2,1H3. The van der Waals surface area contributed by atoms with Gasteiger partial charge >= 0.3 is 5.97 Å². The fourth-order valence-electron chi connectivity index (χ4n) is 4.00. The lowest BCUT2D eigenvalue weighted by Crippen LogP contribution is -2.40. The van der Waals surface area contributed by atoms with E-state index < -0.39 is 0 Å². The third-order valence-corrected chi connectivity index (χ3v) is 5.55. The van der Waals surface area contributed by atoms with Gasteiger partial charge in [0.2, 0.25) is 0 Å². The first kappa shape index (κ1) is 17.0. The van der Waals surface area contributed by atoms with E-state index in [4.69, 9.17) is 4.74 Å². The second-order valence-corrected chi connectivity index (χ2v) is 7.05. The number of carbonyl (C=O) groups excluding carboxylic acids is 2. The maximum atomic E-state index is 12.6. The molecule has 0 radical (unpaired) electrons. The van der Waals surface area contributed by atoms with Gasteiger partial charge in [0.1, 0.15) is 0 Å². The van der Waals surface area contributed by atoms with Crippen molar-refractivity contribution >= 4 is 11.9 Å². The van der Waals surface area contributed by atoms with E-state index in [2.05, 4.69) is 12.1 Å². The topological polar surface area (TPSA) is 46.6 Å². The molecule has 1 heterocycles. The summed E-state index contributed by atoms with van der Waals surface area (Å²) in [5, 5.41) is 0. The van der Waals surface area contributed by atoms with E-state index in [1.807, 2.05) is 17.0 Å². The van der Waals surface area contributed by atoms with Crippen LogP contribution in [0, 0.1) is 5.92 Å². The van der Waals surface area contributed by atoms with E-state index in [0.29, 0.717) is 31.8 Å². The Bertz CT molecular complexity index is 567. The normalized spacial score (nSPS) is 20.0. The molecular formula is C20H27NO3. The average Bonchev–Trinajstić information content (AvgIpc) is 2.68. The third-order valence-electron chi connectivity index (χ3n) is 5.55. The molecule has 1 aliphatic carbocycles. The first-order valence-electron chi connectivity index (χ1n) is 9.16. The fourth-order valence-corrected chi connectivity index (χ4v) is 4.00. The van der Waals surface area contributed by atoms with Crippen molar-refractivity contribution in [2.45, 2.75) is 50.9 Å². The van der Waals surface area contributed by atoms with Crippen LogP contribution in [0.25, 0.3) is 0 Å². The Morgan fingerprint density at radius 1 is 0.958 bits per heavy atom. The minimum absolute atomic E-state index is 0.0623. The van der Waals surface area contributed by atoms with Crippen LogP contribution in [-0.2, 0) is 9.53 Å². The Morgan fingerprint density at radius 2 is 1.58 bits per heavy atom. The predicted octanol–water partition coefficient (Wildman–Crippen LogP) is 3.76. The number of amides is 1. The lowest BCUT2D eigenvalue weighted by Gasteiger charge is -2.31. The van der Waals surface area contributed by atoms with Crippen molar-refractivity contribution in [1.29, 1.82) is 0 Å². The zero-order chi connectivity index (χ0) is 16.9. The highest BCUT2D eigenvalue weighted by Crippen LogP contribution is 2.32. The molecule has 1 aromatic rings. The minimum atomic E-state index is -0.154. The molecule has 130 valence electrons. The third kappa shape index (κ3) is 3.80. The fraction of sp³-hybridized carbons (Fsp3) is 0.600. The van der Waals surface area contributed by atoms with E-state index in [-0.39, 0.29) is 17.8 Å². The molecule has 3 rings (SSSR count). The van der Waals surface area contributed by atoms with Crippen LogP contribution in [-0.4, -0.2) is 37.0 Å². The molecular weight excluding hydrogens is 302 g/mol. The van der Waals surface area contributed by atoms with Gasteiger partial charge in [0.15, 0.2) is 0 Å². The Kier molecular flexibility index (Phi) is 5.54. The van der Waals surface area contributed by atoms with Gasteiger partial charge in [-0.1, -0.05) is 31.4 Å². The maximum Gasteiger partial charge on any atom is 0.308 e. The molecule has 1 aliphatic heterocycles. The summed E-state index contributed by atoms with van der Waals surface area (Å²) in [4.78, 5) is 26.1. The van der Waals surface area contributed by atoms with Crippen LogP contribution >= 0.6 is 0 Å². The molecule has 0 aromatic heterocycles. The van der Waals surface area contributed by atoms with E-state index in [0.717, 1.165) is 5.56 Å². The monoisotopic (exact) mass is 329 g/mol. The summed E-state index contributed by atoms with van der Waals surface area (Å²) >= 11 is 0. The van der Waals surface area contributed by atoms with Crippen molar-refractivity contribution in [2.24, 2.45) is 5.92 Å². The number of hydrogen-bond donors (Lipinski definition) is 0. The molecule has 0 atom stereocenters. The van der Waals surface area contributed by atoms with E-state index in [1.165, 1.54) is 44.8 Å². The number of rotatable bonds is 3. The van der Waals surface area contributed by atoms with Gasteiger partial charge in [0, 0.05) is 18.7 Å². The maximum absolute atomic E-state index is 12.6. The van der Waals surface area contributed by atoms with Crippen LogP contribution in [0.1, 0.15) is 66.8 Å². The van der Waals surface area contributed by atoms with Gasteiger partial charge in [0.25, 0.3) is 5.91 Å². The summed E-state index contributed by atoms with van der Waals surface area (Å²) in [5.74, 6) is 0.527. The van der Waals surface area contributed by atoms with Crippen molar-refractivity contribution in [3.8, 4) is 0 Å². The molecule has 0 N–H and O–H groups in total. The van der Waals surface area contributed by atoms with Crippen molar-refractivity contribution < 1.29 is 14.3 Å². The summed E-state index contributed by atoms with van der Waals surface area (Å²) in [6.45, 7) is 1.26. The van der Waals surface area contributed by atoms with Crippen molar-refractivity contribution in [3.63, 3.8) is 0 Å². The largest absolute Gasteiger partial charge is 0.469 e. The lowest BCUT2D eigenvalue weighted by atomic mass is 9.84. The van der Waals surface area contributed by atoms with Gasteiger partial charge in [0.05, 0.1) is 13.0 Å². The number of hydrogen-bond acceptors (Lipinski definition) is 3. The van der Waals surface area contributed by atoms with E-state index in [9.17, 15) is 9.59 Å². The number of likely N-dealkylation sites (tertiary alicyclic amines) is 1. The summed E-state index contributed by atoms with van der Waals surface area (Å²) in [6.07, 6.45) is 7.93. The molecule has 4 heteroatoms. The SMILES string of the molecule is COC(=O)C1CCN(C(=O)c2ccc(C3CCCCC3)cc2)CC1. The quantitative estimate of drug-likeness (QED) is 0.793. The first-order valence-corrected chi connectivity index (χ1v) is 9.16. The van der Waals surface area contributed by atoms with Crippen molar-refractivity contribution in [2.75, 3.05) is 20.2 Å². The molecule has 0 bridgehead atoms. The molecule has 1 aromatic carbocycles. The second kappa shape index (κ2) is 7.82. The Morgan fingerprint density at radius 3 is 2.17 bits per heavy atom. The lowest BCUT2D eigenvalue weighted by molar-refractivity contribution is -0.146. The highest BCUT2D eigenvalue weighted by Gasteiger charge is 2.28.